The second kappa shape index (κ2) is 11.7. The lowest BCUT2D eigenvalue weighted by atomic mass is 9.75. The van der Waals surface area contributed by atoms with Gasteiger partial charge in [-0.15, -0.1) is 0 Å². The molecular formula is C28H45O5P. The predicted molar refractivity (Wildman–Crippen MR) is 137 cm³/mol. The molecule has 0 aromatic heterocycles. The van der Waals surface area contributed by atoms with Crippen LogP contribution in [0.2, 0.25) is 0 Å². The Hall–Kier alpha value is -1.16. The van der Waals surface area contributed by atoms with Crippen LogP contribution in [-0.2, 0) is 13.6 Å². The first-order valence-electron chi connectivity index (χ1n) is 13.2. The Balaban J connectivity index is 1.99. The van der Waals surface area contributed by atoms with Gasteiger partial charge in [0.05, 0.1) is 24.9 Å². The quantitative estimate of drug-likeness (QED) is 0.327. The van der Waals surface area contributed by atoms with Gasteiger partial charge in [-0.1, -0.05) is 66.5 Å². The van der Waals surface area contributed by atoms with Crippen molar-refractivity contribution in [2.45, 2.75) is 92.3 Å². The van der Waals surface area contributed by atoms with E-state index in [1.54, 1.807) is 24.3 Å². The molecule has 0 aliphatic heterocycles. The second-order valence-electron chi connectivity index (χ2n) is 11.4. The smallest absolute Gasteiger partial charge is 0.402 e. The van der Waals surface area contributed by atoms with Crippen molar-refractivity contribution in [1.29, 1.82) is 0 Å². The van der Waals surface area contributed by atoms with Crippen LogP contribution in [0.3, 0.4) is 0 Å². The number of hydrogen-bond donors (Lipinski definition) is 0. The van der Waals surface area contributed by atoms with Crippen molar-refractivity contribution in [3.05, 3.63) is 29.8 Å². The monoisotopic (exact) mass is 492 g/mol. The van der Waals surface area contributed by atoms with Crippen molar-refractivity contribution in [3.63, 3.8) is 0 Å². The van der Waals surface area contributed by atoms with E-state index in [1.807, 2.05) is 0 Å². The van der Waals surface area contributed by atoms with E-state index in [0.29, 0.717) is 29.4 Å². The summed E-state index contributed by atoms with van der Waals surface area (Å²) >= 11 is 0. The summed E-state index contributed by atoms with van der Waals surface area (Å²) in [7, 11) is -2.61. The highest BCUT2D eigenvalue weighted by Gasteiger charge is 2.47. The van der Waals surface area contributed by atoms with Crippen LogP contribution in [0.4, 0.5) is 0 Å². The van der Waals surface area contributed by atoms with Crippen molar-refractivity contribution in [2.24, 2.45) is 35.5 Å². The molecule has 0 spiro atoms. The molecule has 0 saturated heterocycles. The van der Waals surface area contributed by atoms with Gasteiger partial charge in [-0.05, 0) is 73.3 Å². The molecule has 192 valence electrons. The van der Waals surface area contributed by atoms with Gasteiger partial charge in [-0.25, -0.2) is 0 Å². The van der Waals surface area contributed by atoms with Crippen molar-refractivity contribution in [3.8, 4) is 5.75 Å². The number of carbonyl (C=O) groups is 1. The highest BCUT2D eigenvalue weighted by Crippen LogP contribution is 2.59. The number of ether oxygens (including phenoxy) is 1. The number of benzene rings is 1. The minimum atomic E-state index is -4.14. The zero-order valence-electron chi connectivity index (χ0n) is 22.2. The minimum Gasteiger partial charge on any atom is -0.496 e. The third kappa shape index (κ3) is 6.33. The van der Waals surface area contributed by atoms with E-state index >= 15 is 0 Å². The standard InChI is InChI=1S/C28H45O5P/c1-18(2)22-14-12-20(5)16-26(22)32-34(30,28(29)24-10-8-9-11-25(24)31-7)33-27-17-21(6)13-15-23(27)19(3)4/h8-11,18-23,26-27H,12-17H2,1-7H3/t20-,21-,22+,23+,26-,27-/m1/s1. The number of carbonyl (C=O) groups excluding carboxylic acids is 1. The van der Waals surface area contributed by atoms with Crippen molar-refractivity contribution in [2.75, 3.05) is 7.11 Å². The average Bonchev–Trinajstić information content (AvgIpc) is 2.78. The van der Waals surface area contributed by atoms with Crippen LogP contribution in [0, 0.1) is 35.5 Å². The Bertz CT molecular complexity index is 828. The SMILES string of the molecule is COc1ccccc1C(=O)P(=O)(O[C@@H]1C[C@H](C)CC[C@H]1C(C)C)O[C@@H]1C[C@H](C)CC[C@H]1C(C)C. The third-order valence-electron chi connectivity index (χ3n) is 8.06. The fraction of sp³-hybridized carbons (Fsp3) is 0.750. The summed E-state index contributed by atoms with van der Waals surface area (Å²) in [5.41, 5.74) is -0.311. The number of methoxy groups -OCH3 is 1. The first-order valence-corrected chi connectivity index (χ1v) is 14.7. The topological polar surface area (TPSA) is 61.8 Å². The molecule has 6 heteroatoms. The molecule has 2 aliphatic carbocycles. The van der Waals surface area contributed by atoms with Gasteiger partial charge in [-0.2, -0.15) is 0 Å². The Kier molecular flexibility index (Phi) is 9.45. The van der Waals surface area contributed by atoms with Crippen LogP contribution in [0.25, 0.3) is 0 Å². The van der Waals surface area contributed by atoms with Crippen LogP contribution in [0.1, 0.15) is 90.4 Å². The molecule has 0 radical (unpaired) electrons. The molecule has 0 amide bonds. The van der Waals surface area contributed by atoms with E-state index in [0.717, 1.165) is 38.5 Å². The molecule has 5 nitrogen and oxygen atoms in total. The Morgan fingerprint density at radius 1 is 0.853 bits per heavy atom. The maximum Gasteiger partial charge on any atom is 0.402 e. The van der Waals surface area contributed by atoms with Gasteiger partial charge in [0.15, 0.2) is 0 Å². The lowest BCUT2D eigenvalue weighted by Crippen LogP contribution is -2.37. The van der Waals surface area contributed by atoms with Crippen LogP contribution < -0.4 is 4.74 Å². The number of para-hydroxylation sites is 1. The van der Waals surface area contributed by atoms with Gasteiger partial charge in [0.25, 0.3) is 5.52 Å². The first-order chi connectivity index (χ1) is 16.1. The average molecular weight is 493 g/mol. The fourth-order valence-corrected chi connectivity index (χ4v) is 7.84. The summed E-state index contributed by atoms with van der Waals surface area (Å²) in [5.74, 6) is 2.60. The molecule has 1 aromatic rings. The molecule has 34 heavy (non-hydrogen) atoms. The summed E-state index contributed by atoms with van der Waals surface area (Å²) in [6, 6.07) is 6.95. The van der Waals surface area contributed by atoms with Crippen molar-refractivity contribution < 1.29 is 23.1 Å². The highest BCUT2D eigenvalue weighted by atomic mass is 31.2. The molecule has 0 bridgehead atoms. The summed E-state index contributed by atoms with van der Waals surface area (Å²) in [4.78, 5) is 13.9. The molecule has 6 atom stereocenters. The molecule has 2 saturated carbocycles. The predicted octanol–water partition coefficient (Wildman–Crippen LogP) is 7.98. The lowest BCUT2D eigenvalue weighted by molar-refractivity contribution is -0.00306. The molecule has 0 heterocycles. The third-order valence-corrected chi connectivity index (χ3v) is 9.89. The molecule has 1 aromatic carbocycles. The van der Waals surface area contributed by atoms with Gasteiger partial charge in [0.2, 0.25) is 0 Å². The Labute approximate surface area is 206 Å². The number of rotatable bonds is 9. The van der Waals surface area contributed by atoms with Gasteiger partial charge in [0, 0.05) is 0 Å². The van der Waals surface area contributed by atoms with Gasteiger partial charge in [-0.3, -0.25) is 18.4 Å². The zero-order valence-corrected chi connectivity index (χ0v) is 23.1. The summed E-state index contributed by atoms with van der Waals surface area (Å²) in [6.45, 7) is 13.1. The molecule has 0 unspecified atom stereocenters. The van der Waals surface area contributed by atoms with Gasteiger partial charge < -0.3 is 4.74 Å². The first kappa shape index (κ1) is 27.4. The maximum atomic E-state index is 14.6. The van der Waals surface area contributed by atoms with Gasteiger partial charge >= 0.3 is 7.60 Å². The van der Waals surface area contributed by atoms with Crippen molar-refractivity contribution in [1.82, 2.24) is 0 Å². The molecule has 2 aliphatic rings. The summed E-state index contributed by atoms with van der Waals surface area (Å²) in [6.07, 6.45) is 5.36. The molecular weight excluding hydrogens is 447 g/mol. The lowest BCUT2D eigenvalue weighted by Gasteiger charge is -2.41. The minimum absolute atomic E-state index is 0.254. The zero-order chi connectivity index (χ0) is 25.0. The summed E-state index contributed by atoms with van der Waals surface area (Å²) in [5, 5.41) is 0. The van der Waals surface area contributed by atoms with E-state index in [2.05, 4.69) is 41.5 Å². The van der Waals surface area contributed by atoms with E-state index in [4.69, 9.17) is 13.8 Å². The van der Waals surface area contributed by atoms with E-state index in [-0.39, 0.29) is 29.6 Å². The van der Waals surface area contributed by atoms with E-state index in [1.165, 1.54) is 7.11 Å². The van der Waals surface area contributed by atoms with E-state index < -0.39 is 13.1 Å². The summed E-state index contributed by atoms with van der Waals surface area (Å²) < 4.78 is 32.9. The Morgan fingerprint density at radius 2 is 1.32 bits per heavy atom. The number of hydrogen-bond acceptors (Lipinski definition) is 5. The Morgan fingerprint density at radius 3 is 1.76 bits per heavy atom. The van der Waals surface area contributed by atoms with Crippen LogP contribution >= 0.6 is 7.60 Å². The van der Waals surface area contributed by atoms with Crippen LogP contribution in [0.15, 0.2) is 24.3 Å². The van der Waals surface area contributed by atoms with Crippen LogP contribution in [-0.4, -0.2) is 24.8 Å². The van der Waals surface area contributed by atoms with Gasteiger partial charge in [0.1, 0.15) is 5.75 Å². The van der Waals surface area contributed by atoms with Crippen LogP contribution in [0.5, 0.6) is 5.75 Å². The fourth-order valence-electron chi connectivity index (χ4n) is 5.92. The maximum absolute atomic E-state index is 14.6. The largest absolute Gasteiger partial charge is 0.496 e. The molecule has 2 fully saturated rings. The second-order valence-corrected chi connectivity index (χ2v) is 13.3. The normalized spacial score (nSPS) is 30.5. The molecule has 0 N–H and O–H groups in total. The van der Waals surface area contributed by atoms with E-state index in [9.17, 15) is 9.36 Å². The molecule has 3 rings (SSSR count). The van der Waals surface area contributed by atoms with Crippen molar-refractivity contribution >= 4 is 13.1 Å². The highest BCUT2D eigenvalue weighted by molar-refractivity contribution is 7.72.